The van der Waals surface area contributed by atoms with Crippen LogP contribution in [0.2, 0.25) is 0 Å². The molecular weight excluding hydrogens is 416 g/mol. The molecule has 33 heavy (non-hydrogen) atoms. The maximum atomic E-state index is 12.5. The van der Waals surface area contributed by atoms with Crippen LogP contribution in [0, 0.1) is 0 Å². The average Bonchev–Trinajstić information content (AvgIpc) is 3.33. The van der Waals surface area contributed by atoms with Crippen molar-refractivity contribution in [3.05, 3.63) is 114 Å². The lowest BCUT2D eigenvalue weighted by Crippen LogP contribution is -2.24. The van der Waals surface area contributed by atoms with Crippen LogP contribution in [0.4, 0.5) is 0 Å². The number of nitrogens with one attached hydrogen (secondary N) is 1. The summed E-state index contributed by atoms with van der Waals surface area (Å²) in [4.78, 5) is 23.2. The van der Waals surface area contributed by atoms with Gasteiger partial charge in [-0.3, -0.25) is 14.7 Å². The highest BCUT2D eigenvalue weighted by Gasteiger charge is 2.17. The van der Waals surface area contributed by atoms with E-state index in [4.69, 9.17) is 9.15 Å². The van der Waals surface area contributed by atoms with Crippen LogP contribution >= 0.6 is 0 Å². The monoisotopic (exact) mass is 442 g/mol. The molecule has 4 aromatic rings. The molecule has 0 spiro atoms. The predicted octanol–water partition coefficient (Wildman–Crippen LogP) is 4.21. The van der Waals surface area contributed by atoms with Gasteiger partial charge in [-0.2, -0.15) is 0 Å². The van der Waals surface area contributed by atoms with Crippen LogP contribution in [0.1, 0.15) is 33.1 Å². The molecule has 0 unspecified atom stereocenters. The third-order valence-corrected chi connectivity index (χ3v) is 5.15. The van der Waals surface area contributed by atoms with E-state index in [2.05, 4.69) is 32.3 Å². The first-order chi connectivity index (χ1) is 16.2. The fourth-order valence-corrected chi connectivity index (χ4v) is 3.54. The summed E-state index contributed by atoms with van der Waals surface area (Å²) < 4.78 is 11.2. The molecule has 2 aromatic carbocycles. The first-order valence-electron chi connectivity index (χ1n) is 10.7. The average molecular weight is 443 g/mol. The number of oxazole rings is 1. The number of para-hydroxylation sites is 1. The zero-order valence-electron chi connectivity index (χ0n) is 18.5. The van der Waals surface area contributed by atoms with Gasteiger partial charge in [0.2, 0.25) is 5.89 Å². The minimum absolute atomic E-state index is 0.255. The van der Waals surface area contributed by atoms with Gasteiger partial charge in [-0.25, -0.2) is 4.98 Å². The van der Waals surface area contributed by atoms with E-state index in [0.29, 0.717) is 32.1 Å². The molecule has 1 N–H and O–H groups in total. The molecule has 0 radical (unpaired) electrons. The van der Waals surface area contributed by atoms with Crippen LogP contribution in [0.25, 0.3) is 0 Å². The van der Waals surface area contributed by atoms with Crippen molar-refractivity contribution in [3.8, 4) is 5.75 Å². The molecule has 0 aliphatic rings. The fourth-order valence-electron chi connectivity index (χ4n) is 3.54. The van der Waals surface area contributed by atoms with Crippen molar-refractivity contribution in [3.63, 3.8) is 0 Å². The Balaban J connectivity index is 1.45. The third-order valence-electron chi connectivity index (χ3n) is 5.15. The van der Waals surface area contributed by atoms with E-state index in [9.17, 15) is 4.79 Å². The summed E-state index contributed by atoms with van der Waals surface area (Å²) >= 11 is 0. The topological polar surface area (TPSA) is 80.5 Å². The molecule has 0 saturated heterocycles. The first-order valence-corrected chi connectivity index (χ1v) is 10.7. The first kappa shape index (κ1) is 22.2. The second-order valence-corrected chi connectivity index (χ2v) is 7.61. The minimum Gasteiger partial charge on any atom is -0.496 e. The number of carbonyl (C=O) groups is 1. The minimum atomic E-state index is -0.284. The van der Waals surface area contributed by atoms with Crippen molar-refractivity contribution in [1.82, 2.24) is 20.2 Å². The van der Waals surface area contributed by atoms with E-state index in [1.807, 2.05) is 54.6 Å². The number of carbonyl (C=O) groups excluding carboxylic acids is 1. The molecule has 7 nitrogen and oxygen atoms in total. The van der Waals surface area contributed by atoms with Crippen LogP contribution in [0.3, 0.4) is 0 Å². The second-order valence-electron chi connectivity index (χ2n) is 7.61. The van der Waals surface area contributed by atoms with Crippen molar-refractivity contribution >= 4 is 5.91 Å². The number of hydrogen-bond donors (Lipinski definition) is 1. The van der Waals surface area contributed by atoms with E-state index in [-0.39, 0.29) is 11.6 Å². The number of benzene rings is 2. The highest BCUT2D eigenvalue weighted by molar-refractivity contribution is 5.91. The number of aromatic nitrogens is 2. The van der Waals surface area contributed by atoms with Gasteiger partial charge < -0.3 is 14.5 Å². The lowest BCUT2D eigenvalue weighted by Gasteiger charge is -2.22. The molecule has 168 valence electrons. The largest absolute Gasteiger partial charge is 0.496 e. The van der Waals surface area contributed by atoms with Crippen LogP contribution in [-0.4, -0.2) is 27.9 Å². The van der Waals surface area contributed by atoms with Gasteiger partial charge in [0.25, 0.3) is 5.91 Å². The van der Waals surface area contributed by atoms with E-state index < -0.39 is 0 Å². The van der Waals surface area contributed by atoms with Gasteiger partial charge in [0.1, 0.15) is 12.0 Å². The Morgan fingerprint density at radius 2 is 1.76 bits per heavy atom. The summed E-state index contributed by atoms with van der Waals surface area (Å²) in [7, 11) is 1.67. The van der Waals surface area contributed by atoms with Gasteiger partial charge in [-0.15, -0.1) is 0 Å². The third kappa shape index (κ3) is 6.27. The van der Waals surface area contributed by atoms with Gasteiger partial charge in [-0.1, -0.05) is 54.6 Å². The summed E-state index contributed by atoms with van der Waals surface area (Å²) in [6, 6.07) is 21.9. The number of nitrogens with zero attached hydrogens (tertiary/aromatic N) is 3. The van der Waals surface area contributed by atoms with Crippen molar-refractivity contribution < 1.29 is 13.9 Å². The zero-order valence-corrected chi connectivity index (χ0v) is 18.5. The molecule has 0 fully saturated rings. The highest BCUT2D eigenvalue weighted by Crippen LogP contribution is 2.21. The summed E-state index contributed by atoms with van der Waals surface area (Å²) in [5.41, 5.74) is 3.41. The van der Waals surface area contributed by atoms with Crippen molar-refractivity contribution in [1.29, 1.82) is 0 Å². The number of hydrogen-bond acceptors (Lipinski definition) is 6. The normalized spacial score (nSPS) is 10.8. The number of pyridine rings is 1. The molecule has 0 aliphatic heterocycles. The van der Waals surface area contributed by atoms with Gasteiger partial charge in [0, 0.05) is 37.6 Å². The van der Waals surface area contributed by atoms with Gasteiger partial charge in [0.05, 0.1) is 13.7 Å². The van der Waals surface area contributed by atoms with E-state index in [1.165, 1.54) is 11.8 Å². The summed E-state index contributed by atoms with van der Waals surface area (Å²) in [6.07, 6.45) is 4.81. The Hall–Kier alpha value is -3.97. The number of methoxy groups -OCH3 is 1. The maximum absolute atomic E-state index is 12.5. The second kappa shape index (κ2) is 11.1. The van der Waals surface area contributed by atoms with E-state index in [0.717, 1.165) is 16.9 Å². The number of rotatable bonds is 10. The molecule has 7 heteroatoms. The van der Waals surface area contributed by atoms with Gasteiger partial charge in [-0.05, 0) is 23.3 Å². The molecule has 0 aliphatic carbocycles. The Morgan fingerprint density at radius 1 is 0.970 bits per heavy atom. The number of ether oxygens (including phenoxy) is 1. The molecule has 0 atom stereocenters. The van der Waals surface area contributed by atoms with Crippen molar-refractivity contribution in [2.75, 3.05) is 7.11 Å². The van der Waals surface area contributed by atoms with Crippen LogP contribution in [-0.2, 0) is 26.2 Å². The number of amides is 1. The molecule has 4 rings (SSSR count). The molecule has 2 heterocycles. The van der Waals surface area contributed by atoms with Crippen molar-refractivity contribution in [2.45, 2.75) is 26.2 Å². The molecule has 0 bridgehead atoms. The maximum Gasteiger partial charge on any atom is 0.273 e. The Labute approximate surface area is 193 Å². The van der Waals surface area contributed by atoms with Crippen molar-refractivity contribution in [2.24, 2.45) is 0 Å². The molecule has 0 saturated carbocycles. The lowest BCUT2D eigenvalue weighted by atomic mass is 10.1. The van der Waals surface area contributed by atoms with Crippen LogP contribution < -0.4 is 10.1 Å². The summed E-state index contributed by atoms with van der Waals surface area (Å²) in [6.45, 7) is 2.17. The standard InChI is InChI=1S/C26H26N4O3/c1-32-24-12-6-5-11-22(24)17-30(16-20-8-3-2-4-9-20)18-25-29-23(19-33-25)26(31)28-15-21-10-7-13-27-14-21/h2-14,19H,15-18H2,1H3,(H,28,31). The van der Waals surface area contributed by atoms with Gasteiger partial charge in [0.15, 0.2) is 5.69 Å². The van der Waals surface area contributed by atoms with Crippen LogP contribution in [0.15, 0.2) is 89.8 Å². The Morgan fingerprint density at radius 3 is 2.55 bits per heavy atom. The summed E-state index contributed by atoms with van der Waals surface area (Å²) in [5.74, 6) is 1.03. The Kier molecular flexibility index (Phi) is 7.45. The van der Waals surface area contributed by atoms with Gasteiger partial charge >= 0.3 is 0 Å². The zero-order chi connectivity index (χ0) is 22.9. The lowest BCUT2D eigenvalue weighted by molar-refractivity contribution is 0.0945. The summed E-state index contributed by atoms with van der Waals surface area (Å²) in [5, 5.41) is 2.85. The highest BCUT2D eigenvalue weighted by atomic mass is 16.5. The SMILES string of the molecule is COc1ccccc1CN(Cc1ccccc1)Cc1nc(C(=O)NCc2cccnc2)co1. The fraction of sp³-hybridized carbons (Fsp3) is 0.192. The quantitative estimate of drug-likeness (QED) is 0.396. The molecule has 1 amide bonds. The van der Waals surface area contributed by atoms with Crippen LogP contribution in [0.5, 0.6) is 5.75 Å². The predicted molar refractivity (Wildman–Crippen MR) is 124 cm³/mol. The molecular formula is C26H26N4O3. The van der Waals surface area contributed by atoms with E-state index >= 15 is 0 Å². The van der Waals surface area contributed by atoms with E-state index in [1.54, 1.807) is 19.5 Å². The smallest absolute Gasteiger partial charge is 0.273 e. The molecule has 2 aromatic heterocycles. The Bertz CT molecular complexity index is 1160.